The second kappa shape index (κ2) is 6.48. The van der Waals surface area contributed by atoms with Crippen molar-refractivity contribution in [3.8, 4) is 0 Å². The van der Waals surface area contributed by atoms with Gasteiger partial charge in [0.1, 0.15) is 0 Å². The summed E-state index contributed by atoms with van der Waals surface area (Å²) < 4.78 is 1.95. The van der Waals surface area contributed by atoms with Gasteiger partial charge in [-0.25, -0.2) is 0 Å². The zero-order valence-corrected chi connectivity index (χ0v) is 15.2. The molecule has 1 aliphatic rings. The predicted molar refractivity (Wildman–Crippen MR) is 96.6 cm³/mol. The monoisotopic (exact) mass is 455 g/mol. The molecule has 1 atom stereocenters. The number of halogens is 2. The summed E-state index contributed by atoms with van der Waals surface area (Å²) in [5.74, 6) is 0.579. The van der Waals surface area contributed by atoms with Gasteiger partial charge in [0.2, 0.25) is 0 Å². The van der Waals surface area contributed by atoms with Crippen LogP contribution in [0, 0.1) is 3.57 Å². The summed E-state index contributed by atoms with van der Waals surface area (Å²) in [6.07, 6.45) is 1.04. The van der Waals surface area contributed by atoms with E-state index in [-0.39, 0.29) is 5.91 Å². The van der Waals surface area contributed by atoms with E-state index in [1.165, 1.54) is 5.56 Å². The molecule has 3 rings (SSSR count). The summed E-state index contributed by atoms with van der Waals surface area (Å²) in [6.45, 7) is 1.64. The first-order chi connectivity index (χ1) is 10.1. The maximum atomic E-state index is 12.7. The molecule has 1 amide bonds. The minimum atomic E-state index is 0.124. The highest BCUT2D eigenvalue weighted by molar-refractivity contribution is 14.1. The van der Waals surface area contributed by atoms with Gasteiger partial charge in [0.25, 0.3) is 5.91 Å². The van der Waals surface area contributed by atoms with Gasteiger partial charge >= 0.3 is 0 Å². The van der Waals surface area contributed by atoms with Crippen LogP contribution in [0.5, 0.6) is 0 Å². The second-order valence-corrected chi connectivity index (χ2v) is 7.37. The zero-order chi connectivity index (χ0) is 14.8. The van der Waals surface area contributed by atoms with Crippen molar-refractivity contribution in [3.05, 3.63) is 67.7 Å². The number of hydrogen-bond acceptors (Lipinski definition) is 1. The molecule has 4 heteroatoms. The van der Waals surface area contributed by atoms with Crippen molar-refractivity contribution in [1.29, 1.82) is 0 Å². The summed E-state index contributed by atoms with van der Waals surface area (Å²) in [5, 5.41) is 0. The number of carbonyl (C=O) groups excluding carboxylic acids is 1. The smallest absolute Gasteiger partial charge is 0.255 e. The van der Waals surface area contributed by atoms with Crippen LogP contribution >= 0.6 is 38.5 Å². The Labute approximate surface area is 146 Å². The number of rotatable bonds is 2. The van der Waals surface area contributed by atoms with Crippen molar-refractivity contribution in [2.75, 3.05) is 13.1 Å². The Balaban J connectivity index is 1.77. The van der Waals surface area contributed by atoms with Gasteiger partial charge in [-0.05, 0) is 68.7 Å². The Bertz CT molecular complexity index is 659. The highest BCUT2D eigenvalue weighted by atomic mass is 127. The molecule has 1 aliphatic heterocycles. The van der Waals surface area contributed by atoms with Crippen molar-refractivity contribution in [3.63, 3.8) is 0 Å². The van der Waals surface area contributed by atoms with Crippen LogP contribution in [0.2, 0.25) is 0 Å². The third-order valence-electron chi connectivity index (χ3n) is 3.91. The molecule has 108 valence electrons. The molecule has 0 spiro atoms. The van der Waals surface area contributed by atoms with E-state index in [1.807, 2.05) is 29.2 Å². The van der Waals surface area contributed by atoms with Crippen LogP contribution in [0.25, 0.3) is 0 Å². The minimum Gasteiger partial charge on any atom is -0.338 e. The van der Waals surface area contributed by atoms with Gasteiger partial charge < -0.3 is 4.90 Å². The summed E-state index contributed by atoms with van der Waals surface area (Å²) in [5.41, 5.74) is 2.09. The molecule has 0 aromatic heterocycles. The molecule has 2 aromatic rings. The zero-order valence-electron chi connectivity index (χ0n) is 11.4. The van der Waals surface area contributed by atoms with Crippen LogP contribution in [-0.2, 0) is 0 Å². The third kappa shape index (κ3) is 3.31. The number of amides is 1. The third-order valence-corrected chi connectivity index (χ3v) is 5.27. The standard InChI is InChI=1S/C17H15BrINO/c18-16-7-6-14(19)10-15(16)17(21)20-9-8-13(11-20)12-4-2-1-3-5-12/h1-7,10,13H,8-9,11H2. The Hall–Kier alpha value is -0.880. The van der Waals surface area contributed by atoms with Crippen molar-refractivity contribution in [1.82, 2.24) is 4.90 Å². The topological polar surface area (TPSA) is 20.3 Å². The Morgan fingerprint density at radius 2 is 1.95 bits per heavy atom. The van der Waals surface area contributed by atoms with Crippen LogP contribution in [-0.4, -0.2) is 23.9 Å². The molecule has 1 fully saturated rings. The molecule has 0 N–H and O–H groups in total. The summed E-state index contributed by atoms with van der Waals surface area (Å²) in [7, 11) is 0. The highest BCUT2D eigenvalue weighted by Gasteiger charge is 2.28. The van der Waals surface area contributed by atoms with Gasteiger partial charge in [-0.2, -0.15) is 0 Å². The molecule has 2 nitrogen and oxygen atoms in total. The van der Waals surface area contributed by atoms with Crippen LogP contribution in [0.15, 0.2) is 53.0 Å². The van der Waals surface area contributed by atoms with Crippen molar-refractivity contribution < 1.29 is 4.79 Å². The first-order valence-electron chi connectivity index (χ1n) is 6.94. The highest BCUT2D eigenvalue weighted by Crippen LogP contribution is 2.29. The van der Waals surface area contributed by atoms with E-state index in [0.717, 1.165) is 33.1 Å². The minimum absolute atomic E-state index is 0.124. The Morgan fingerprint density at radius 1 is 1.19 bits per heavy atom. The van der Waals surface area contributed by atoms with E-state index in [0.29, 0.717) is 5.92 Å². The fourth-order valence-corrected chi connectivity index (χ4v) is 3.68. The number of likely N-dealkylation sites (tertiary alicyclic amines) is 1. The molecule has 0 saturated carbocycles. The average Bonchev–Trinajstić information content (AvgIpc) is 3.00. The van der Waals surface area contributed by atoms with Gasteiger partial charge in [-0.1, -0.05) is 30.3 Å². The molecular formula is C17H15BrINO. The molecule has 2 aromatic carbocycles. The van der Waals surface area contributed by atoms with Crippen LogP contribution < -0.4 is 0 Å². The molecule has 21 heavy (non-hydrogen) atoms. The lowest BCUT2D eigenvalue weighted by molar-refractivity contribution is 0.0790. The Morgan fingerprint density at radius 3 is 2.71 bits per heavy atom. The van der Waals surface area contributed by atoms with E-state index in [2.05, 4.69) is 62.8 Å². The number of carbonyl (C=O) groups is 1. The van der Waals surface area contributed by atoms with Crippen molar-refractivity contribution in [2.24, 2.45) is 0 Å². The Kier molecular flexibility index (Phi) is 4.64. The summed E-state index contributed by atoms with van der Waals surface area (Å²) in [4.78, 5) is 14.7. The fourth-order valence-electron chi connectivity index (χ4n) is 2.77. The molecule has 0 aliphatic carbocycles. The molecule has 1 unspecified atom stereocenters. The van der Waals surface area contributed by atoms with E-state index >= 15 is 0 Å². The van der Waals surface area contributed by atoms with Gasteiger partial charge in [0, 0.05) is 27.1 Å². The van der Waals surface area contributed by atoms with E-state index in [1.54, 1.807) is 0 Å². The van der Waals surface area contributed by atoms with Crippen LogP contribution in [0.1, 0.15) is 28.3 Å². The lowest BCUT2D eigenvalue weighted by Crippen LogP contribution is -2.28. The van der Waals surface area contributed by atoms with E-state index in [9.17, 15) is 4.79 Å². The van der Waals surface area contributed by atoms with Crippen molar-refractivity contribution >= 4 is 44.4 Å². The fraction of sp³-hybridized carbons (Fsp3) is 0.235. The van der Waals surface area contributed by atoms with Gasteiger partial charge in [0.15, 0.2) is 0 Å². The molecule has 0 radical (unpaired) electrons. The number of benzene rings is 2. The maximum Gasteiger partial charge on any atom is 0.255 e. The molecule has 1 saturated heterocycles. The summed E-state index contributed by atoms with van der Waals surface area (Å²) >= 11 is 5.73. The average molecular weight is 456 g/mol. The van der Waals surface area contributed by atoms with Gasteiger partial charge in [0.05, 0.1) is 5.56 Å². The van der Waals surface area contributed by atoms with Crippen molar-refractivity contribution in [2.45, 2.75) is 12.3 Å². The SMILES string of the molecule is O=C(c1cc(I)ccc1Br)N1CCC(c2ccccc2)C1. The predicted octanol–water partition coefficient (Wildman–Crippen LogP) is 4.68. The number of hydrogen-bond donors (Lipinski definition) is 0. The van der Waals surface area contributed by atoms with Gasteiger partial charge in [-0.15, -0.1) is 0 Å². The van der Waals surface area contributed by atoms with Gasteiger partial charge in [-0.3, -0.25) is 4.79 Å². The van der Waals surface area contributed by atoms with Crippen LogP contribution in [0.3, 0.4) is 0 Å². The quantitative estimate of drug-likeness (QED) is 0.602. The largest absolute Gasteiger partial charge is 0.338 e. The first kappa shape index (κ1) is 15.0. The first-order valence-corrected chi connectivity index (χ1v) is 8.81. The number of nitrogens with zero attached hydrogens (tertiary/aromatic N) is 1. The molecule has 0 bridgehead atoms. The maximum absolute atomic E-state index is 12.7. The molecular weight excluding hydrogens is 441 g/mol. The van der Waals surface area contributed by atoms with Crippen LogP contribution in [0.4, 0.5) is 0 Å². The lowest BCUT2D eigenvalue weighted by Gasteiger charge is -2.18. The normalized spacial score (nSPS) is 18.0. The summed E-state index contributed by atoms with van der Waals surface area (Å²) in [6, 6.07) is 16.4. The van der Waals surface area contributed by atoms with E-state index in [4.69, 9.17) is 0 Å². The lowest BCUT2D eigenvalue weighted by atomic mass is 9.99. The second-order valence-electron chi connectivity index (χ2n) is 5.27. The van der Waals surface area contributed by atoms with E-state index < -0.39 is 0 Å². The molecule has 1 heterocycles.